The normalized spacial score (nSPS) is 11.5. The van der Waals surface area contributed by atoms with Crippen molar-refractivity contribution in [1.29, 1.82) is 0 Å². The third kappa shape index (κ3) is 3.83. The Labute approximate surface area is 236 Å². The van der Waals surface area contributed by atoms with Crippen LogP contribution in [0.1, 0.15) is 0 Å². The van der Waals surface area contributed by atoms with Gasteiger partial charge in [0.25, 0.3) is 0 Å². The van der Waals surface area contributed by atoms with Gasteiger partial charge < -0.3 is 4.90 Å². The summed E-state index contributed by atoms with van der Waals surface area (Å²) in [6, 6.07) is 50.3. The van der Waals surface area contributed by atoms with E-state index in [1.807, 2.05) is 12.3 Å². The number of thiophene rings is 1. The molecule has 0 fully saturated rings. The molecule has 2 aromatic heterocycles. The zero-order valence-corrected chi connectivity index (χ0v) is 22.5. The maximum atomic E-state index is 4.61. The van der Waals surface area contributed by atoms with Crippen molar-refractivity contribution in [3.05, 3.63) is 146 Å². The molecular weight excluding hydrogens is 504 g/mol. The highest BCUT2D eigenvalue weighted by molar-refractivity contribution is 7.25. The highest BCUT2D eigenvalue weighted by atomic mass is 32.1. The number of benzene rings is 6. The van der Waals surface area contributed by atoms with Crippen molar-refractivity contribution < 1.29 is 0 Å². The Morgan fingerprint density at radius 2 is 1.10 bits per heavy atom. The molecule has 0 radical (unpaired) electrons. The van der Waals surface area contributed by atoms with Gasteiger partial charge in [0.05, 0.1) is 0 Å². The van der Waals surface area contributed by atoms with E-state index < -0.39 is 0 Å². The van der Waals surface area contributed by atoms with Crippen molar-refractivity contribution in [2.24, 2.45) is 0 Å². The predicted molar refractivity (Wildman–Crippen MR) is 172 cm³/mol. The van der Waals surface area contributed by atoms with Crippen molar-refractivity contribution >= 4 is 70.2 Å². The van der Waals surface area contributed by atoms with Crippen LogP contribution in [-0.2, 0) is 0 Å². The van der Waals surface area contributed by atoms with E-state index in [0.717, 1.165) is 21.9 Å². The van der Waals surface area contributed by atoms with E-state index in [-0.39, 0.29) is 0 Å². The second-order valence-corrected chi connectivity index (χ2v) is 11.1. The van der Waals surface area contributed by atoms with Crippen LogP contribution in [0.5, 0.6) is 0 Å². The van der Waals surface area contributed by atoms with Crippen LogP contribution in [-0.4, -0.2) is 4.98 Å². The van der Waals surface area contributed by atoms with Gasteiger partial charge in [0.2, 0.25) is 0 Å². The molecule has 2 heterocycles. The summed E-state index contributed by atoms with van der Waals surface area (Å²) in [7, 11) is 0. The Morgan fingerprint density at radius 1 is 0.450 bits per heavy atom. The van der Waals surface area contributed by atoms with Gasteiger partial charge in [0.15, 0.2) is 0 Å². The summed E-state index contributed by atoms with van der Waals surface area (Å²) in [6.45, 7) is 0. The molecule has 188 valence electrons. The average molecular weight is 529 g/mol. The zero-order valence-electron chi connectivity index (χ0n) is 21.7. The van der Waals surface area contributed by atoms with Crippen molar-refractivity contribution in [3.63, 3.8) is 0 Å². The number of hydrogen-bond donors (Lipinski definition) is 0. The lowest BCUT2D eigenvalue weighted by Gasteiger charge is -2.26. The minimum Gasteiger partial charge on any atom is -0.310 e. The van der Waals surface area contributed by atoms with Gasteiger partial charge in [0.1, 0.15) is 4.83 Å². The van der Waals surface area contributed by atoms with Gasteiger partial charge in [-0.15, -0.1) is 11.3 Å². The molecule has 0 aliphatic heterocycles. The van der Waals surface area contributed by atoms with Crippen LogP contribution >= 0.6 is 11.3 Å². The van der Waals surface area contributed by atoms with Crippen LogP contribution < -0.4 is 4.90 Å². The molecule has 6 aromatic carbocycles. The lowest BCUT2D eigenvalue weighted by molar-refractivity contribution is 1.30. The molecule has 0 spiro atoms. The number of rotatable bonds is 4. The minimum absolute atomic E-state index is 1.07. The van der Waals surface area contributed by atoms with E-state index in [9.17, 15) is 0 Å². The molecule has 0 bridgehead atoms. The first-order valence-electron chi connectivity index (χ1n) is 13.5. The van der Waals surface area contributed by atoms with Crippen LogP contribution in [0.2, 0.25) is 0 Å². The second-order valence-electron chi connectivity index (χ2n) is 10.1. The summed E-state index contributed by atoms with van der Waals surface area (Å²) < 4.78 is 1.24. The van der Waals surface area contributed by atoms with E-state index in [4.69, 9.17) is 0 Å². The van der Waals surface area contributed by atoms with Crippen molar-refractivity contribution in [1.82, 2.24) is 4.98 Å². The molecule has 0 saturated carbocycles. The number of aromatic nitrogens is 1. The molecule has 8 aromatic rings. The molecule has 40 heavy (non-hydrogen) atoms. The Hall–Kier alpha value is -4.99. The van der Waals surface area contributed by atoms with Gasteiger partial charge in [-0.25, -0.2) is 4.98 Å². The summed E-state index contributed by atoms with van der Waals surface area (Å²) >= 11 is 1.75. The van der Waals surface area contributed by atoms with Gasteiger partial charge in [-0.3, -0.25) is 0 Å². The molecule has 0 aliphatic rings. The number of anilines is 3. The summed E-state index contributed by atoms with van der Waals surface area (Å²) in [5.41, 5.74) is 5.82. The first kappa shape index (κ1) is 22.9. The maximum absolute atomic E-state index is 4.61. The Kier molecular flexibility index (Phi) is 5.35. The Bertz CT molecular complexity index is 2160. The van der Waals surface area contributed by atoms with Crippen LogP contribution in [0.15, 0.2) is 146 Å². The zero-order chi connectivity index (χ0) is 26.5. The lowest BCUT2D eigenvalue weighted by Crippen LogP contribution is -2.09. The third-order valence-corrected chi connectivity index (χ3v) is 8.79. The molecule has 0 saturated heterocycles. The molecule has 0 unspecified atom stereocenters. The highest BCUT2D eigenvalue weighted by Crippen LogP contribution is 2.41. The van der Waals surface area contributed by atoms with Crippen LogP contribution in [0.4, 0.5) is 17.1 Å². The van der Waals surface area contributed by atoms with E-state index in [0.29, 0.717) is 0 Å². The minimum atomic E-state index is 1.07. The molecular formula is C37H24N2S. The van der Waals surface area contributed by atoms with Crippen molar-refractivity contribution in [3.8, 4) is 11.1 Å². The fraction of sp³-hybridized carbons (Fsp3) is 0. The SMILES string of the molecule is c1ccc(-c2ccc(N(c3ccc4c(ccc5ccccc54)c3)c3ccc4c(c3)sc3ncccc34)cc2)cc1. The van der Waals surface area contributed by atoms with Gasteiger partial charge in [-0.05, 0) is 81.2 Å². The van der Waals surface area contributed by atoms with E-state index in [1.54, 1.807) is 11.3 Å². The molecule has 0 aliphatic carbocycles. The van der Waals surface area contributed by atoms with Crippen LogP contribution in [0.25, 0.3) is 53.0 Å². The molecule has 0 N–H and O–H groups in total. The molecule has 3 heteroatoms. The largest absolute Gasteiger partial charge is 0.310 e. The molecule has 0 amide bonds. The smallest absolute Gasteiger partial charge is 0.124 e. The fourth-order valence-electron chi connectivity index (χ4n) is 5.76. The highest BCUT2D eigenvalue weighted by Gasteiger charge is 2.16. The number of pyridine rings is 1. The maximum Gasteiger partial charge on any atom is 0.124 e. The summed E-state index contributed by atoms with van der Waals surface area (Å²) in [4.78, 5) is 8.05. The first-order chi connectivity index (χ1) is 19.8. The first-order valence-corrected chi connectivity index (χ1v) is 14.3. The molecule has 0 atom stereocenters. The van der Waals surface area contributed by atoms with E-state index in [2.05, 4.69) is 143 Å². The quantitative estimate of drug-likeness (QED) is 0.211. The molecule has 2 nitrogen and oxygen atoms in total. The Balaban J connectivity index is 1.31. The third-order valence-electron chi connectivity index (χ3n) is 7.71. The topological polar surface area (TPSA) is 16.1 Å². The summed E-state index contributed by atoms with van der Waals surface area (Å²) in [5, 5.41) is 7.51. The number of nitrogens with zero attached hydrogens (tertiary/aromatic N) is 2. The summed E-state index contributed by atoms with van der Waals surface area (Å²) in [5.74, 6) is 0. The van der Waals surface area contributed by atoms with E-state index >= 15 is 0 Å². The van der Waals surface area contributed by atoms with Crippen molar-refractivity contribution in [2.45, 2.75) is 0 Å². The van der Waals surface area contributed by atoms with Crippen LogP contribution in [0, 0.1) is 0 Å². The lowest BCUT2D eigenvalue weighted by atomic mass is 10.0. The summed E-state index contributed by atoms with van der Waals surface area (Å²) in [6.07, 6.45) is 1.87. The van der Waals surface area contributed by atoms with Gasteiger partial charge >= 0.3 is 0 Å². The molecule has 8 rings (SSSR count). The fourth-order valence-corrected chi connectivity index (χ4v) is 6.84. The van der Waals surface area contributed by atoms with Crippen LogP contribution in [0.3, 0.4) is 0 Å². The van der Waals surface area contributed by atoms with Gasteiger partial charge in [-0.1, -0.05) is 91.0 Å². The number of fused-ring (bicyclic) bond motifs is 6. The predicted octanol–water partition coefficient (Wildman–Crippen LogP) is 10.9. The second kappa shape index (κ2) is 9.33. The van der Waals surface area contributed by atoms with Crippen molar-refractivity contribution in [2.75, 3.05) is 4.90 Å². The number of hydrogen-bond acceptors (Lipinski definition) is 3. The monoisotopic (exact) mass is 528 g/mol. The van der Waals surface area contributed by atoms with E-state index in [1.165, 1.54) is 48.1 Å². The van der Waals surface area contributed by atoms with Gasteiger partial charge in [0, 0.05) is 38.7 Å². The standard InChI is InChI=1S/C37H24N2S/c1-2-7-25(8-3-1)26-14-16-29(17-15-26)39(31-19-21-34-35-11-6-22-38-37(35)40-36(34)24-31)30-18-20-33-28(23-30)13-12-27-9-4-5-10-32(27)33/h1-24H. The van der Waals surface area contributed by atoms with Gasteiger partial charge in [-0.2, -0.15) is 0 Å². The average Bonchev–Trinajstić information content (AvgIpc) is 3.40. The Morgan fingerprint density at radius 3 is 1.98 bits per heavy atom.